The van der Waals surface area contributed by atoms with Gasteiger partial charge in [-0.25, -0.2) is 9.48 Å². The van der Waals surface area contributed by atoms with Crippen molar-refractivity contribution in [3.63, 3.8) is 0 Å². The number of hydrogen-bond donors (Lipinski definition) is 4. The summed E-state index contributed by atoms with van der Waals surface area (Å²) in [6, 6.07) is 3.20. The van der Waals surface area contributed by atoms with Crippen molar-refractivity contribution in [3.05, 3.63) is 51.6 Å². The molecule has 1 aromatic carbocycles. The molecule has 12 nitrogen and oxygen atoms in total. The predicted octanol–water partition coefficient (Wildman–Crippen LogP) is 1.03. The molecule has 0 fully saturated rings. The molecular formula is C20H20N4O8. The normalized spacial score (nSPS) is 13.0. The maximum atomic E-state index is 12.8. The van der Waals surface area contributed by atoms with Crippen molar-refractivity contribution in [2.45, 2.75) is 38.8 Å². The van der Waals surface area contributed by atoms with Crippen LogP contribution in [0.25, 0.3) is 11.0 Å². The molecule has 3 aromatic rings. The van der Waals surface area contributed by atoms with Crippen molar-refractivity contribution >= 4 is 34.5 Å². The third-order valence-electron chi connectivity index (χ3n) is 4.83. The van der Waals surface area contributed by atoms with Crippen molar-refractivity contribution in [1.29, 1.82) is 0 Å². The zero-order chi connectivity index (χ0) is 23.6. The molecule has 0 aliphatic heterocycles. The van der Waals surface area contributed by atoms with Crippen LogP contribution in [-0.4, -0.2) is 48.2 Å². The molecule has 1 amide bonds. The van der Waals surface area contributed by atoms with Crippen molar-refractivity contribution < 1.29 is 34.1 Å². The van der Waals surface area contributed by atoms with Crippen LogP contribution in [0.15, 0.2) is 33.6 Å². The highest BCUT2D eigenvalue weighted by atomic mass is 16.4. The van der Waals surface area contributed by atoms with Crippen LogP contribution >= 0.6 is 0 Å². The van der Waals surface area contributed by atoms with E-state index in [4.69, 9.17) is 9.52 Å². The van der Waals surface area contributed by atoms with Crippen molar-refractivity contribution in [2.24, 2.45) is 0 Å². The number of aliphatic hydroxyl groups is 1. The Bertz CT molecular complexity index is 1260. The molecular weight excluding hydrogens is 424 g/mol. The maximum absolute atomic E-state index is 12.8. The number of hydrogen-bond acceptors (Lipinski definition) is 8. The first-order valence-electron chi connectivity index (χ1n) is 9.47. The molecule has 12 heteroatoms. The number of carbonyl (C=O) groups is 3. The van der Waals surface area contributed by atoms with Crippen LogP contribution in [0, 0.1) is 6.92 Å². The number of aliphatic hydroxyl groups excluding tert-OH is 1. The molecule has 2 unspecified atom stereocenters. The standard InChI is InChI=1S/C20H20N4O8/c1-9-12-4-3-11(5-16(12)32-20(31)13(9)6-17(26)27)21-19(30)15(7-18(28)29)24-8-14(10(2)25)22-23-24/h3-5,8,10,15,25H,6-7H2,1-2H3,(H,21,30)(H,26,27)(H,28,29). The van der Waals surface area contributed by atoms with E-state index >= 15 is 0 Å². The number of aromatic nitrogens is 3. The van der Waals surface area contributed by atoms with E-state index in [1.165, 1.54) is 25.3 Å². The molecule has 168 valence electrons. The minimum Gasteiger partial charge on any atom is -0.481 e. The Morgan fingerprint density at radius 3 is 2.53 bits per heavy atom. The molecule has 0 aliphatic rings. The van der Waals surface area contributed by atoms with Gasteiger partial charge in [0.2, 0.25) is 5.91 Å². The van der Waals surface area contributed by atoms with Gasteiger partial charge in [0.05, 0.1) is 30.7 Å². The molecule has 0 saturated carbocycles. The van der Waals surface area contributed by atoms with Crippen LogP contribution in [0.1, 0.15) is 42.3 Å². The second kappa shape index (κ2) is 8.98. The largest absolute Gasteiger partial charge is 0.481 e. The van der Waals surface area contributed by atoms with Gasteiger partial charge in [-0.3, -0.25) is 14.4 Å². The Hall–Kier alpha value is -4.06. The van der Waals surface area contributed by atoms with Gasteiger partial charge in [0.25, 0.3) is 0 Å². The van der Waals surface area contributed by atoms with Gasteiger partial charge in [0, 0.05) is 17.1 Å². The maximum Gasteiger partial charge on any atom is 0.340 e. The van der Waals surface area contributed by atoms with E-state index in [9.17, 15) is 29.4 Å². The molecule has 0 bridgehead atoms. The van der Waals surface area contributed by atoms with Gasteiger partial charge < -0.3 is 25.1 Å². The average molecular weight is 444 g/mol. The second-order valence-corrected chi connectivity index (χ2v) is 7.18. The lowest BCUT2D eigenvalue weighted by Gasteiger charge is -2.15. The number of nitrogens with one attached hydrogen (secondary N) is 1. The highest BCUT2D eigenvalue weighted by Gasteiger charge is 2.26. The molecule has 3 rings (SSSR count). The van der Waals surface area contributed by atoms with E-state index in [1.54, 1.807) is 13.0 Å². The summed E-state index contributed by atoms with van der Waals surface area (Å²) >= 11 is 0. The molecule has 0 saturated heterocycles. The van der Waals surface area contributed by atoms with Gasteiger partial charge in [0.15, 0.2) is 0 Å². The lowest BCUT2D eigenvalue weighted by atomic mass is 10.0. The molecule has 4 N–H and O–H groups in total. The zero-order valence-corrected chi connectivity index (χ0v) is 17.1. The number of nitrogens with zero attached hydrogens (tertiary/aromatic N) is 3. The smallest absolute Gasteiger partial charge is 0.340 e. The fraction of sp³-hybridized carbons (Fsp3) is 0.300. The van der Waals surface area contributed by atoms with Crippen LogP contribution < -0.4 is 10.9 Å². The summed E-state index contributed by atoms with van der Waals surface area (Å²) in [6.45, 7) is 3.05. The Kier molecular flexibility index (Phi) is 6.35. The van der Waals surface area contributed by atoms with Crippen LogP contribution in [0.3, 0.4) is 0 Å². The summed E-state index contributed by atoms with van der Waals surface area (Å²) in [4.78, 5) is 47.2. The fourth-order valence-corrected chi connectivity index (χ4v) is 3.16. The first kappa shape index (κ1) is 22.6. The molecule has 0 radical (unpaired) electrons. The molecule has 0 aliphatic carbocycles. The third-order valence-corrected chi connectivity index (χ3v) is 4.83. The Labute approximate surface area is 180 Å². The van der Waals surface area contributed by atoms with E-state index < -0.39 is 48.5 Å². The number of benzene rings is 1. The molecule has 0 spiro atoms. The second-order valence-electron chi connectivity index (χ2n) is 7.18. The van der Waals surface area contributed by atoms with E-state index in [1.807, 2.05) is 0 Å². The monoisotopic (exact) mass is 444 g/mol. The number of fused-ring (bicyclic) bond motifs is 1. The SMILES string of the molecule is Cc1c(CC(=O)O)c(=O)oc2cc(NC(=O)C(CC(=O)O)n3cc(C(C)O)nn3)ccc12. The first-order chi connectivity index (χ1) is 15.1. The lowest BCUT2D eigenvalue weighted by molar-refractivity contribution is -0.140. The van der Waals surface area contributed by atoms with Crippen molar-refractivity contribution in [2.75, 3.05) is 5.32 Å². The average Bonchev–Trinajstić information content (AvgIpc) is 3.19. The molecule has 32 heavy (non-hydrogen) atoms. The first-order valence-corrected chi connectivity index (χ1v) is 9.47. The van der Waals surface area contributed by atoms with Gasteiger partial charge in [-0.05, 0) is 31.5 Å². The highest BCUT2D eigenvalue weighted by molar-refractivity contribution is 5.97. The zero-order valence-electron chi connectivity index (χ0n) is 17.1. The van der Waals surface area contributed by atoms with Gasteiger partial charge in [-0.1, -0.05) is 5.21 Å². The van der Waals surface area contributed by atoms with E-state index in [-0.39, 0.29) is 22.5 Å². The predicted molar refractivity (Wildman–Crippen MR) is 109 cm³/mol. The fourth-order valence-electron chi connectivity index (χ4n) is 3.16. The number of rotatable bonds is 8. The summed E-state index contributed by atoms with van der Waals surface area (Å²) in [5, 5.41) is 38.3. The Morgan fingerprint density at radius 2 is 1.94 bits per heavy atom. The quantitative estimate of drug-likeness (QED) is 0.366. The van der Waals surface area contributed by atoms with E-state index in [0.29, 0.717) is 10.9 Å². The van der Waals surface area contributed by atoms with Gasteiger partial charge in [-0.2, -0.15) is 0 Å². The summed E-state index contributed by atoms with van der Waals surface area (Å²) in [5.41, 5.74) is 0.219. The topological polar surface area (TPSA) is 185 Å². The number of amides is 1. The van der Waals surface area contributed by atoms with Crippen molar-refractivity contribution in [1.82, 2.24) is 15.0 Å². The third kappa shape index (κ3) is 4.81. The minimum atomic E-state index is -1.25. The lowest BCUT2D eigenvalue weighted by Crippen LogP contribution is -2.28. The molecule has 2 atom stereocenters. The van der Waals surface area contributed by atoms with Gasteiger partial charge >= 0.3 is 17.6 Å². The van der Waals surface area contributed by atoms with Crippen molar-refractivity contribution in [3.8, 4) is 0 Å². The summed E-state index contributed by atoms with van der Waals surface area (Å²) in [6.07, 6.45) is -0.736. The number of aliphatic carboxylic acids is 2. The number of aryl methyl sites for hydroxylation is 1. The Morgan fingerprint density at radius 1 is 1.22 bits per heavy atom. The highest BCUT2D eigenvalue weighted by Crippen LogP contribution is 2.24. The number of carboxylic acids is 2. The summed E-state index contributed by atoms with van der Waals surface area (Å²) in [5.74, 6) is -3.12. The van der Waals surface area contributed by atoms with E-state index in [0.717, 1.165) is 4.68 Å². The Balaban J connectivity index is 1.92. The van der Waals surface area contributed by atoms with Crippen LogP contribution in [0.2, 0.25) is 0 Å². The summed E-state index contributed by atoms with van der Waals surface area (Å²) < 4.78 is 6.27. The molecule has 2 aromatic heterocycles. The minimum absolute atomic E-state index is 0.0309. The van der Waals surface area contributed by atoms with Crippen LogP contribution in [0.5, 0.6) is 0 Å². The summed E-state index contributed by atoms with van der Waals surface area (Å²) in [7, 11) is 0. The van der Waals surface area contributed by atoms with E-state index in [2.05, 4.69) is 15.6 Å². The van der Waals surface area contributed by atoms with Gasteiger partial charge in [-0.15, -0.1) is 5.10 Å². The molecule has 2 heterocycles. The number of carboxylic acid groups (broad SMARTS) is 2. The number of carbonyl (C=O) groups excluding carboxylic acids is 1. The number of anilines is 1. The van der Waals surface area contributed by atoms with Crippen LogP contribution in [-0.2, 0) is 20.8 Å². The van der Waals surface area contributed by atoms with Gasteiger partial charge in [0.1, 0.15) is 17.3 Å². The van der Waals surface area contributed by atoms with Crippen LogP contribution in [0.4, 0.5) is 5.69 Å².